The van der Waals surface area contributed by atoms with Crippen LogP contribution in [0.4, 0.5) is 0 Å². The summed E-state index contributed by atoms with van der Waals surface area (Å²) in [7, 11) is 3.41. The van der Waals surface area contributed by atoms with Gasteiger partial charge in [0.1, 0.15) is 17.6 Å². The van der Waals surface area contributed by atoms with Gasteiger partial charge in [0.05, 0.1) is 13.7 Å². The molecule has 0 aliphatic heterocycles. The van der Waals surface area contributed by atoms with Crippen LogP contribution in [-0.4, -0.2) is 52.5 Å². The number of hydrogen-bond donors (Lipinski definition) is 2. The molecule has 1 rings (SSSR count). The summed E-state index contributed by atoms with van der Waals surface area (Å²) < 4.78 is 16.7. The van der Waals surface area contributed by atoms with E-state index in [1.807, 2.05) is 31.2 Å². The third-order valence-electron chi connectivity index (χ3n) is 3.37. The maximum Gasteiger partial charge on any atom is 0.191 e. The van der Waals surface area contributed by atoms with E-state index in [0.29, 0.717) is 12.5 Å². The van der Waals surface area contributed by atoms with Crippen LogP contribution in [0.3, 0.4) is 0 Å². The van der Waals surface area contributed by atoms with Crippen LogP contribution < -0.4 is 20.1 Å². The number of halogens is 1. The van der Waals surface area contributed by atoms with Gasteiger partial charge in [0.15, 0.2) is 5.96 Å². The smallest absolute Gasteiger partial charge is 0.191 e. The van der Waals surface area contributed by atoms with Crippen LogP contribution >= 0.6 is 24.0 Å². The molecule has 26 heavy (non-hydrogen) atoms. The summed E-state index contributed by atoms with van der Waals surface area (Å²) in [5, 5.41) is 6.55. The molecule has 0 aliphatic rings. The normalized spacial score (nSPS) is 12.3. The summed E-state index contributed by atoms with van der Waals surface area (Å²) in [4.78, 5) is 4.22. The average molecular weight is 479 g/mol. The maximum atomic E-state index is 5.89. The van der Waals surface area contributed by atoms with Gasteiger partial charge in [-0.1, -0.05) is 19.9 Å². The number of rotatable bonds is 11. The molecule has 1 aromatic rings. The van der Waals surface area contributed by atoms with Crippen LogP contribution in [0.1, 0.15) is 27.2 Å². The average Bonchev–Trinajstić information content (AvgIpc) is 2.60. The molecule has 0 heterocycles. The second-order valence-corrected chi connectivity index (χ2v) is 6.31. The fourth-order valence-electron chi connectivity index (χ4n) is 2.11. The number of aliphatic imine (C=N–C) groups is 1. The number of benzene rings is 1. The summed E-state index contributed by atoms with van der Waals surface area (Å²) in [5.41, 5.74) is 0. The van der Waals surface area contributed by atoms with Crippen molar-refractivity contribution < 1.29 is 14.2 Å². The van der Waals surface area contributed by atoms with Crippen LogP contribution in [0.15, 0.2) is 29.3 Å². The largest absolute Gasteiger partial charge is 0.497 e. The summed E-state index contributed by atoms with van der Waals surface area (Å²) in [6.07, 6.45) is 0.948. The third kappa shape index (κ3) is 11.4. The Morgan fingerprint density at radius 1 is 1.15 bits per heavy atom. The van der Waals surface area contributed by atoms with Gasteiger partial charge in [-0.05, 0) is 31.4 Å². The molecule has 1 aromatic carbocycles. The minimum absolute atomic E-state index is 0. The highest BCUT2D eigenvalue weighted by molar-refractivity contribution is 14.0. The van der Waals surface area contributed by atoms with Crippen LogP contribution in [0.5, 0.6) is 11.5 Å². The molecule has 0 amide bonds. The lowest BCUT2D eigenvalue weighted by molar-refractivity contribution is 0.108. The number of nitrogens with one attached hydrogen (secondary N) is 2. The van der Waals surface area contributed by atoms with Crippen molar-refractivity contribution in [2.45, 2.75) is 33.3 Å². The van der Waals surface area contributed by atoms with Crippen molar-refractivity contribution >= 4 is 29.9 Å². The molecule has 1 unspecified atom stereocenters. The predicted octanol–water partition coefficient (Wildman–Crippen LogP) is 3.31. The Bertz CT molecular complexity index is 513. The van der Waals surface area contributed by atoms with E-state index in [1.165, 1.54) is 0 Å². The number of nitrogens with zero attached hydrogens (tertiary/aromatic N) is 1. The number of guanidine groups is 1. The van der Waals surface area contributed by atoms with Gasteiger partial charge >= 0.3 is 0 Å². The molecule has 0 bridgehead atoms. The van der Waals surface area contributed by atoms with E-state index in [-0.39, 0.29) is 30.1 Å². The van der Waals surface area contributed by atoms with Gasteiger partial charge in [-0.2, -0.15) is 0 Å². The van der Waals surface area contributed by atoms with E-state index in [2.05, 4.69) is 29.5 Å². The standard InChI is InChI=1S/C19H33N3O3.HI/c1-15(2)14-24-11-7-10-21-19(20-4)22-13-16(3)25-18-9-6-8-17(12-18)23-5;/h6,8-9,12,15-16H,7,10-11,13-14H2,1-5H3,(H2,20,21,22);1H. The summed E-state index contributed by atoms with van der Waals surface area (Å²) in [5.74, 6) is 2.92. The van der Waals surface area contributed by atoms with E-state index in [1.54, 1.807) is 14.2 Å². The van der Waals surface area contributed by atoms with E-state index >= 15 is 0 Å². The van der Waals surface area contributed by atoms with Gasteiger partial charge in [-0.3, -0.25) is 4.99 Å². The van der Waals surface area contributed by atoms with Crippen molar-refractivity contribution in [3.05, 3.63) is 24.3 Å². The first kappa shape index (κ1) is 24.8. The second-order valence-electron chi connectivity index (χ2n) is 6.31. The van der Waals surface area contributed by atoms with Gasteiger partial charge in [-0.15, -0.1) is 24.0 Å². The van der Waals surface area contributed by atoms with Gasteiger partial charge < -0.3 is 24.8 Å². The zero-order valence-corrected chi connectivity index (χ0v) is 18.9. The van der Waals surface area contributed by atoms with Crippen molar-refractivity contribution in [2.24, 2.45) is 10.9 Å². The number of hydrogen-bond acceptors (Lipinski definition) is 4. The SMILES string of the molecule is CN=C(NCCCOCC(C)C)NCC(C)Oc1cccc(OC)c1.I. The molecule has 0 aliphatic carbocycles. The Hall–Kier alpha value is -1.22. The van der Waals surface area contributed by atoms with Crippen molar-refractivity contribution in [3.8, 4) is 11.5 Å². The summed E-state index contributed by atoms with van der Waals surface area (Å²) in [6, 6.07) is 7.60. The topological polar surface area (TPSA) is 64.1 Å². The highest BCUT2D eigenvalue weighted by Gasteiger charge is 2.06. The highest BCUT2D eigenvalue weighted by atomic mass is 127. The van der Waals surface area contributed by atoms with Gasteiger partial charge in [0.2, 0.25) is 0 Å². The lowest BCUT2D eigenvalue weighted by Gasteiger charge is -2.18. The minimum atomic E-state index is 0. The molecule has 0 saturated carbocycles. The lowest BCUT2D eigenvalue weighted by Crippen LogP contribution is -2.42. The van der Waals surface area contributed by atoms with Gasteiger partial charge in [0.25, 0.3) is 0 Å². The molecule has 0 fully saturated rings. The molecule has 2 N–H and O–H groups in total. The number of methoxy groups -OCH3 is 1. The molecule has 0 radical (unpaired) electrons. The first-order chi connectivity index (χ1) is 12.0. The van der Waals surface area contributed by atoms with E-state index in [9.17, 15) is 0 Å². The molecule has 6 nitrogen and oxygen atoms in total. The second kappa shape index (κ2) is 14.9. The van der Waals surface area contributed by atoms with Crippen molar-refractivity contribution in [1.82, 2.24) is 10.6 Å². The van der Waals surface area contributed by atoms with Crippen LogP contribution in [0.2, 0.25) is 0 Å². The Kier molecular flexibility index (Phi) is 14.2. The third-order valence-corrected chi connectivity index (χ3v) is 3.37. The first-order valence-electron chi connectivity index (χ1n) is 8.88. The molecule has 1 atom stereocenters. The molecular weight excluding hydrogens is 445 g/mol. The first-order valence-corrected chi connectivity index (χ1v) is 8.88. The van der Waals surface area contributed by atoms with Crippen molar-refractivity contribution in [2.75, 3.05) is 40.5 Å². The zero-order valence-electron chi connectivity index (χ0n) is 16.6. The van der Waals surface area contributed by atoms with Crippen LogP contribution in [0.25, 0.3) is 0 Å². The Labute approximate surface area is 175 Å². The fourth-order valence-corrected chi connectivity index (χ4v) is 2.11. The molecular formula is C19H34IN3O3. The zero-order chi connectivity index (χ0) is 18.5. The molecule has 150 valence electrons. The quantitative estimate of drug-likeness (QED) is 0.221. The summed E-state index contributed by atoms with van der Waals surface area (Å²) in [6.45, 7) is 9.37. The van der Waals surface area contributed by atoms with Crippen LogP contribution in [-0.2, 0) is 4.74 Å². The minimum Gasteiger partial charge on any atom is -0.497 e. The Balaban J connectivity index is 0.00000625. The Morgan fingerprint density at radius 3 is 2.54 bits per heavy atom. The molecule has 0 spiro atoms. The van der Waals surface area contributed by atoms with Crippen molar-refractivity contribution in [1.29, 1.82) is 0 Å². The van der Waals surface area contributed by atoms with Crippen molar-refractivity contribution in [3.63, 3.8) is 0 Å². The fraction of sp³-hybridized carbons (Fsp3) is 0.632. The monoisotopic (exact) mass is 479 g/mol. The lowest BCUT2D eigenvalue weighted by atomic mass is 10.2. The van der Waals surface area contributed by atoms with E-state index in [0.717, 1.165) is 43.6 Å². The molecule has 0 aromatic heterocycles. The van der Waals surface area contributed by atoms with E-state index < -0.39 is 0 Å². The van der Waals surface area contributed by atoms with E-state index in [4.69, 9.17) is 14.2 Å². The predicted molar refractivity (Wildman–Crippen MR) is 118 cm³/mol. The summed E-state index contributed by atoms with van der Waals surface area (Å²) >= 11 is 0. The molecule has 0 saturated heterocycles. The molecule has 7 heteroatoms. The highest BCUT2D eigenvalue weighted by Crippen LogP contribution is 2.19. The van der Waals surface area contributed by atoms with Gasteiger partial charge in [0, 0.05) is 32.9 Å². The van der Waals surface area contributed by atoms with Gasteiger partial charge in [-0.25, -0.2) is 0 Å². The Morgan fingerprint density at radius 2 is 1.88 bits per heavy atom. The van der Waals surface area contributed by atoms with Crippen LogP contribution in [0, 0.1) is 5.92 Å². The maximum absolute atomic E-state index is 5.89. The number of ether oxygens (including phenoxy) is 3.